The summed E-state index contributed by atoms with van der Waals surface area (Å²) < 4.78 is 71.7. The van der Waals surface area contributed by atoms with Crippen molar-refractivity contribution in [1.82, 2.24) is 0 Å². The van der Waals surface area contributed by atoms with E-state index in [-0.39, 0.29) is 25.4 Å². The van der Waals surface area contributed by atoms with Crippen LogP contribution in [0.3, 0.4) is 0 Å². The topological polar surface area (TPSA) is 125 Å². The minimum absolute atomic E-state index is 0.140. The van der Waals surface area contributed by atoms with E-state index in [0.29, 0.717) is 29.4 Å². The molecule has 4 atom stereocenters. The van der Waals surface area contributed by atoms with E-state index in [4.69, 9.17) is 44.8 Å². The quantitative estimate of drug-likeness (QED) is 0.196. The summed E-state index contributed by atoms with van der Waals surface area (Å²) in [6.07, 6.45) is -12.7. The summed E-state index contributed by atoms with van der Waals surface area (Å²) in [7, 11) is 0. The highest BCUT2D eigenvalue weighted by Gasteiger charge is 2.65. The van der Waals surface area contributed by atoms with Crippen LogP contribution in [0.2, 0.25) is 5.02 Å². The van der Waals surface area contributed by atoms with Gasteiger partial charge in [0, 0.05) is 5.02 Å². The summed E-state index contributed by atoms with van der Waals surface area (Å²) in [5, 5.41) is 0.347. The molecule has 0 unspecified atom stereocenters. The number of alkyl halides is 2. The Kier molecular flexibility index (Phi) is 12.2. The van der Waals surface area contributed by atoms with Gasteiger partial charge >= 0.3 is 24.4 Å². The highest BCUT2D eigenvalue weighted by Crippen LogP contribution is 2.45. The summed E-state index contributed by atoms with van der Waals surface area (Å²) in [6.45, 7) is 6.21. The third-order valence-electron chi connectivity index (χ3n) is 6.03. The summed E-state index contributed by atoms with van der Waals surface area (Å²) >= 11 is 6.48. The van der Waals surface area contributed by atoms with Crippen LogP contribution in [0.15, 0.2) is 42.5 Å². The van der Waals surface area contributed by atoms with Crippen molar-refractivity contribution in [2.24, 2.45) is 0 Å². The Hall–Kier alpha value is -3.84. The first-order chi connectivity index (χ1) is 20.5. The Labute approximate surface area is 252 Å². The SMILES string of the molecule is CCOC(=O)O[C@@H]1[C@@H](OC(=O)OCC)C(F)(F)[C@@H](OC(=O)OCC)O[C@H]1c1ccc(Cl)c(Cc2ccc(OCC)cc2)c1. The van der Waals surface area contributed by atoms with Gasteiger partial charge in [-0.1, -0.05) is 35.9 Å². The molecular weight excluding hydrogens is 598 g/mol. The molecule has 2 aromatic carbocycles. The lowest BCUT2D eigenvalue weighted by atomic mass is 9.91. The van der Waals surface area contributed by atoms with Gasteiger partial charge in [0.2, 0.25) is 6.10 Å². The van der Waals surface area contributed by atoms with Crippen molar-refractivity contribution in [3.8, 4) is 5.75 Å². The normalized spacial score (nSPS) is 20.8. The van der Waals surface area contributed by atoms with E-state index >= 15 is 8.78 Å². The summed E-state index contributed by atoms with van der Waals surface area (Å²) in [5.74, 6) is -3.56. The molecule has 1 aliphatic heterocycles. The number of hydrogen-bond donors (Lipinski definition) is 0. The van der Waals surface area contributed by atoms with Gasteiger partial charge in [-0.25, -0.2) is 14.4 Å². The van der Waals surface area contributed by atoms with E-state index in [1.54, 1.807) is 18.2 Å². The molecule has 0 aliphatic carbocycles. The molecule has 0 bridgehead atoms. The van der Waals surface area contributed by atoms with E-state index in [0.717, 1.165) is 5.56 Å². The minimum Gasteiger partial charge on any atom is -0.494 e. The molecule has 0 saturated carbocycles. The number of halogens is 3. The standard InChI is InChI=1S/C29H33ClF2O11/c1-5-36-20-12-9-17(10-13-20)15-19-16-18(11-14-21(19)30)22-23(41-26(33)37-6-2)24(42-27(34)38-7-3)29(31,32)25(40-22)43-28(35)39-8-4/h9-14,16,22-25H,5-8,15H2,1-4H3/t22-,23-,24+,25+/m0/s1. The molecule has 1 heterocycles. The number of carbonyl (C=O) groups excluding carboxylic acids is 3. The van der Waals surface area contributed by atoms with Gasteiger partial charge in [0.1, 0.15) is 11.9 Å². The molecule has 14 heteroatoms. The van der Waals surface area contributed by atoms with Gasteiger partial charge in [0.05, 0.1) is 26.4 Å². The lowest BCUT2D eigenvalue weighted by Crippen LogP contribution is -2.62. The van der Waals surface area contributed by atoms with Gasteiger partial charge in [-0.15, -0.1) is 0 Å². The second-order valence-electron chi connectivity index (χ2n) is 8.96. The molecule has 2 aromatic rings. The molecule has 0 radical (unpaired) electrons. The fourth-order valence-corrected chi connectivity index (χ4v) is 4.40. The third-order valence-corrected chi connectivity index (χ3v) is 6.40. The Bertz CT molecular complexity index is 1240. The van der Waals surface area contributed by atoms with Gasteiger partial charge in [-0.3, -0.25) is 0 Å². The third kappa shape index (κ3) is 8.83. The first-order valence-electron chi connectivity index (χ1n) is 13.6. The van der Waals surface area contributed by atoms with Crippen LogP contribution in [0.1, 0.15) is 50.5 Å². The fraction of sp³-hybridized carbons (Fsp3) is 0.483. The zero-order valence-electron chi connectivity index (χ0n) is 24.0. The van der Waals surface area contributed by atoms with E-state index in [9.17, 15) is 14.4 Å². The van der Waals surface area contributed by atoms with Crippen LogP contribution in [0, 0.1) is 0 Å². The minimum atomic E-state index is -4.25. The number of benzene rings is 2. The zero-order chi connectivity index (χ0) is 31.6. The molecule has 3 rings (SSSR count). The number of ether oxygens (including phenoxy) is 8. The van der Waals surface area contributed by atoms with E-state index in [1.807, 2.05) is 19.1 Å². The Morgan fingerprint density at radius 1 is 0.814 bits per heavy atom. The fourth-order valence-electron chi connectivity index (χ4n) is 4.21. The molecule has 1 aliphatic rings. The molecule has 0 aromatic heterocycles. The predicted molar refractivity (Wildman–Crippen MR) is 146 cm³/mol. The average Bonchev–Trinajstić information content (AvgIpc) is 2.95. The van der Waals surface area contributed by atoms with Crippen LogP contribution in [0.25, 0.3) is 0 Å². The van der Waals surface area contributed by atoms with Gasteiger partial charge in [-0.05, 0) is 69.0 Å². The number of carbonyl (C=O) groups is 3. The lowest BCUT2D eigenvalue weighted by Gasteiger charge is -2.44. The Morgan fingerprint density at radius 3 is 1.98 bits per heavy atom. The van der Waals surface area contributed by atoms with Crippen molar-refractivity contribution in [3.05, 3.63) is 64.2 Å². The van der Waals surface area contributed by atoms with Crippen molar-refractivity contribution in [1.29, 1.82) is 0 Å². The highest BCUT2D eigenvalue weighted by molar-refractivity contribution is 6.31. The second kappa shape index (κ2) is 15.6. The van der Waals surface area contributed by atoms with Gasteiger partial charge in [0.25, 0.3) is 6.29 Å². The first-order valence-corrected chi connectivity index (χ1v) is 13.9. The molecular formula is C29H33ClF2O11. The van der Waals surface area contributed by atoms with Gasteiger partial charge in [-0.2, -0.15) is 8.78 Å². The monoisotopic (exact) mass is 630 g/mol. The Balaban J connectivity index is 2.06. The van der Waals surface area contributed by atoms with Crippen molar-refractivity contribution >= 4 is 30.1 Å². The molecule has 43 heavy (non-hydrogen) atoms. The predicted octanol–water partition coefficient (Wildman–Crippen LogP) is 6.62. The molecule has 0 N–H and O–H groups in total. The van der Waals surface area contributed by atoms with Crippen LogP contribution in [0.5, 0.6) is 5.75 Å². The molecule has 1 saturated heterocycles. The first kappa shape index (κ1) is 33.7. The molecule has 0 spiro atoms. The van der Waals surface area contributed by atoms with Crippen LogP contribution in [-0.4, -0.2) is 69.3 Å². The van der Waals surface area contributed by atoms with Gasteiger partial charge < -0.3 is 37.9 Å². The molecule has 236 valence electrons. The zero-order valence-corrected chi connectivity index (χ0v) is 24.8. The van der Waals surface area contributed by atoms with Crippen molar-refractivity contribution in [2.45, 2.75) is 64.6 Å². The van der Waals surface area contributed by atoms with Crippen molar-refractivity contribution < 1.29 is 61.1 Å². The number of hydrogen-bond acceptors (Lipinski definition) is 11. The summed E-state index contributed by atoms with van der Waals surface area (Å²) in [4.78, 5) is 36.7. The molecule has 0 amide bonds. The highest BCUT2D eigenvalue weighted by atomic mass is 35.5. The maximum Gasteiger partial charge on any atom is 0.510 e. The lowest BCUT2D eigenvalue weighted by molar-refractivity contribution is -0.346. The van der Waals surface area contributed by atoms with E-state index < -0.39 is 49.0 Å². The molecule has 1 fully saturated rings. The molecule has 11 nitrogen and oxygen atoms in total. The van der Waals surface area contributed by atoms with Crippen LogP contribution in [-0.2, 0) is 39.6 Å². The van der Waals surface area contributed by atoms with Crippen molar-refractivity contribution in [3.63, 3.8) is 0 Å². The largest absolute Gasteiger partial charge is 0.510 e. The van der Waals surface area contributed by atoms with Crippen molar-refractivity contribution in [2.75, 3.05) is 26.4 Å². The van der Waals surface area contributed by atoms with Crippen LogP contribution in [0.4, 0.5) is 23.2 Å². The smallest absolute Gasteiger partial charge is 0.494 e. The maximum atomic E-state index is 15.8. The van der Waals surface area contributed by atoms with E-state index in [1.165, 1.54) is 32.9 Å². The summed E-state index contributed by atoms with van der Waals surface area (Å²) in [5.41, 5.74) is 1.60. The Morgan fingerprint density at radius 2 is 1.40 bits per heavy atom. The van der Waals surface area contributed by atoms with Crippen LogP contribution < -0.4 is 4.74 Å². The second-order valence-corrected chi connectivity index (χ2v) is 9.36. The number of rotatable bonds is 11. The maximum absolute atomic E-state index is 15.8. The van der Waals surface area contributed by atoms with Gasteiger partial charge in [0.15, 0.2) is 6.10 Å². The van der Waals surface area contributed by atoms with E-state index in [2.05, 4.69) is 4.74 Å². The average molecular weight is 631 g/mol. The summed E-state index contributed by atoms with van der Waals surface area (Å²) in [6, 6.07) is 11.8. The van der Waals surface area contributed by atoms with Crippen LogP contribution >= 0.6 is 11.6 Å².